The van der Waals surface area contributed by atoms with Gasteiger partial charge in [-0.2, -0.15) is 0 Å². The average Bonchev–Trinajstić information content (AvgIpc) is 3.63. The van der Waals surface area contributed by atoms with E-state index in [1.54, 1.807) is 29.7 Å². The quantitative estimate of drug-likeness (QED) is 0.260. The molecule has 0 saturated heterocycles. The van der Waals surface area contributed by atoms with E-state index in [1.807, 2.05) is 60.7 Å². The maximum absolute atomic E-state index is 12.5. The number of nitrogens with zero attached hydrogens (tertiary/aromatic N) is 4. The molecule has 0 aliphatic carbocycles. The maximum Gasteiger partial charge on any atom is 0.256 e. The van der Waals surface area contributed by atoms with Crippen LogP contribution >= 0.6 is 34.4 Å². The highest BCUT2D eigenvalue weighted by Crippen LogP contribution is 2.38. The highest BCUT2D eigenvalue weighted by Gasteiger charge is 2.20. The summed E-state index contributed by atoms with van der Waals surface area (Å²) in [6.07, 6.45) is 1.67. The minimum atomic E-state index is -0.162. The van der Waals surface area contributed by atoms with E-state index in [1.165, 1.54) is 33.2 Å². The molecule has 6 aromatic rings. The molecule has 6 nitrogen and oxygen atoms in total. The summed E-state index contributed by atoms with van der Waals surface area (Å²) in [6, 6.07) is 29.6. The van der Waals surface area contributed by atoms with Gasteiger partial charge in [-0.3, -0.25) is 9.36 Å². The molecule has 0 bridgehead atoms. The van der Waals surface area contributed by atoms with Gasteiger partial charge in [0.15, 0.2) is 10.2 Å². The molecule has 0 fully saturated rings. The number of carbonyl (C=O) groups is 1. The van der Waals surface area contributed by atoms with Gasteiger partial charge in [0.05, 0.1) is 11.1 Å². The second kappa shape index (κ2) is 9.46. The minimum Gasteiger partial charge on any atom is -0.312 e. The van der Waals surface area contributed by atoms with Crippen LogP contribution in [0.3, 0.4) is 0 Å². The first-order valence-corrected chi connectivity index (χ1v) is 13.2. The van der Waals surface area contributed by atoms with Crippen molar-refractivity contribution in [2.24, 2.45) is 0 Å². The van der Waals surface area contributed by atoms with Gasteiger partial charge in [0, 0.05) is 16.0 Å². The highest BCUT2D eigenvalue weighted by molar-refractivity contribution is 8.01. The molecule has 3 aromatic heterocycles. The third-order valence-corrected chi connectivity index (χ3v) is 8.28. The Morgan fingerprint density at radius 3 is 2.40 bits per heavy atom. The molecule has 0 radical (unpaired) electrons. The van der Waals surface area contributed by atoms with Crippen molar-refractivity contribution in [3.63, 3.8) is 0 Å². The van der Waals surface area contributed by atoms with Gasteiger partial charge in [0.2, 0.25) is 5.16 Å². The number of nitrogens with one attached hydrogen (secondary N) is 1. The summed E-state index contributed by atoms with van der Waals surface area (Å²) >= 11 is 4.52. The number of thiazole rings is 1. The molecule has 1 N–H and O–H groups in total. The van der Waals surface area contributed by atoms with Gasteiger partial charge < -0.3 is 5.32 Å². The van der Waals surface area contributed by atoms with Gasteiger partial charge in [0.1, 0.15) is 5.00 Å². The van der Waals surface area contributed by atoms with Crippen LogP contribution in [0.1, 0.15) is 10.4 Å². The lowest BCUT2D eigenvalue weighted by molar-refractivity contribution is 0.102. The first-order chi connectivity index (χ1) is 17.2. The van der Waals surface area contributed by atoms with Crippen molar-refractivity contribution in [2.45, 2.75) is 9.50 Å². The number of carbonyl (C=O) groups excluding carboxylic acids is 1. The van der Waals surface area contributed by atoms with E-state index < -0.39 is 0 Å². The fourth-order valence-corrected chi connectivity index (χ4v) is 6.48. The lowest BCUT2D eigenvalue weighted by atomic mass is 10.2. The van der Waals surface area contributed by atoms with Crippen LogP contribution in [0.25, 0.3) is 26.5 Å². The van der Waals surface area contributed by atoms with E-state index in [0.717, 1.165) is 20.7 Å². The predicted octanol–water partition coefficient (Wildman–Crippen LogP) is 7.01. The fourth-order valence-electron chi connectivity index (χ4n) is 3.61. The molecule has 0 aliphatic heterocycles. The largest absolute Gasteiger partial charge is 0.312 e. The highest BCUT2D eigenvalue weighted by atomic mass is 32.2. The number of amides is 1. The Morgan fingerprint density at radius 2 is 1.60 bits per heavy atom. The fraction of sp³-hybridized carbons (Fsp3) is 0. The number of rotatable bonds is 6. The number of fused-ring (bicyclic) bond motifs is 1. The van der Waals surface area contributed by atoms with Crippen molar-refractivity contribution in [3.05, 3.63) is 103 Å². The molecule has 35 heavy (non-hydrogen) atoms. The molecule has 1 amide bonds. The van der Waals surface area contributed by atoms with Crippen LogP contribution in [0.4, 0.5) is 5.00 Å². The molecule has 170 valence electrons. The molecule has 0 aliphatic rings. The molecule has 3 heterocycles. The Hall–Kier alpha value is -3.79. The van der Waals surface area contributed by atoms with Gasteiger partial charge in [0.25, 0.3) is 5.91 Å². The van der Waals surface area contributed by atoms with Gasteiger partial charge in [-0.25, -0.2) is 4.98 Å². The maximum atomic E-state index is 12.5. The smallest absolute Gasteiger partial charge is 0.256 e. The Bertz CT molecular complexity index is 1590. The zero-order valence-corrected chi connectivity index (χ0v) is 20.6. The molecule has 0 spiro atoms. The Labute approximate surface area is 213 Å². The molecular formula is C26H17N5OS3. The van der Waals surface area contributed by atoms with E-state index in [-0.39, 0.29) is 5.91 Å². The van der Waals surface area contributed by atoms with Crippen LogP contribution < -0.4 is 5.32 Å². The normalized spacial score (nSPS) is 11.1. The van der Waals surface area contributed by atoms with Gasteiger partial charge >= 0.3 is 0 Å². The van der Waals surface area contributed by atoms with E-state index >= 15 is 0 Å². The number of hydrogen-bond acceptors (Lipinski definition) is 7. The van der Waals surface area contributed by atoms with Crippen molar-refractivity contribution < 1.29 is 4.79 Å². The van der Waals surface area contributed by atoms with Crippen LogP contribution in [0.15, 0.2) is 107 Å². The van der Waals surface area contributed by atoms with E-state index in [0.29, 0.717) is 15.7 Å². The summed E-state index contributed by atoms with van der Waals surface area (Å²) in [5.41, 5.74) is 1.58. The van der Waals surface area contributed by atoms with Crippen molar-refractivity contribution in [2.75, 3.05) is 5.32 Å². The van der Waals surface area contributed by atoms with Crippen LogP contribution in [-0.4, -0.2) is 25.7 Å². The van der Waals surface area contributed by atoms with E-state index in [9.17, 15) is 4.79 Å². The number of aromatic nitrogens is 4. The lowest BCUT2D eigenvalue weighted by Gasteiger charge is -2.08. The Balaban J connectivity index is 1.32. The topological polar surface area (TPSA) is 72.7 Å². The zero-order valence-electron chi connectivity index (χ0n) is 18.2. The lowest BCUT2D eigenvalue weighted by Crippen LogP contribution is -2.10. The average molecular weight is 512 g/mol. The first kappa shape index (κ1) is 21.7. The zero-order chi connectivity index (χ0) is 23.6. The standard InChI is InChI=1S/C26H17N5OS3/c32-24(17-9-3-1-4-10-17)28-22-16-27-26(34-22)35-25-30-29-23(31(25)19-12-5-2-6-13-19)21-15-18-11-7-8-14-20(18)33-21/h1-16H,(H,28,32). The molecule has 3 aromatic carbocycles. The Morgan fingerprint density at radius 1 is 0.857 bits per heavy atom. The van der Waals surface area contributed by atoms with Crippen molar-refractivity contribution in [1.29, 1.82) is 0 Å². The second-order valence-corrected chi connectivity index (χ2v) is 10.9. The minimum absolute atomic E-state index is 0.162. The third kappa shape index (κ3) is 4.49. The number of anilines is 1. The number of benzene rings is 3. The Kier molecular flexibility index (Phi) is 5.87. The molecule has 9 heteroatoms. The summed E-state index contributed by atoms with van der Waals surface area (Å²) < 4.78 is 4.03. The number of hydrogen-bond donors (Lipinski definition) is 1. The molecule has 0 atom stereocenters. The summed E-state index contributed by atoms with van der Waals surface area (Å²) in [5, 5.41) is 14.6. The second-order valence-electron chi connectivity index (χ2n) is 7.54. The number of thiophene rings is 1. The van der Waals surface area contributed by atoms with Crippen LogP contribution in [-0.2, 0) is 0 Å². The molecular weight excluding hydrogens is 495 g/mol. The van der Waals surface area contributed by atoms with Crippen molar-refractivity contribution in [1.82, 2.24) is 19.7 Å². The molecule has 6 rings (SSSR count). The summed E-state index contributed by atoms with van der Waals surface area (Å²) in [4.78, 5) is 18.0. The van der Waals surface area contributed by atoms with E-state index in [2.05, 4.69) is 43.3 Å². The summed E-state index contributed by atoms with van der Waals surface area (Å²) in [7, 11) is 0. The third-order valence-electron chi connectivity index (χ3n) is 5.23. The van der Waals surface area contributed by atoms with Crippen molar-refractivity contribution in [3.8, 4) is 16.4 Å². The summed E-state index contributed by atoms with van der Waals surface area (Å²) in [5.74, 6) is 0.624. The van der Waals surface area contributed by atoms with Gasteiger partial charge in [-0.05, 0) is 53.5 Å². The van der Waals surface area contributed by atoms with E-state index in [4.69, 9.17) is 0 Å². The van der Waals surface area contributed by atoms with Gasteiger partial charge in [-0.15, -0.1) is 21.5 Å². The summed E-state index contributed by atoms with van der Waals surface area (Å²) in [6.45, 7) is 0. The van der Waals surface area contributed by atoms with Crippen LogP contribution in [0, 0.1) is 0 Å². The van der Waals surface area contributed by atoms with Crippen molar-refractivity contribution >= 4 is 55.4 Å². The monoisotopic (exact) mass is 511 g/mol. The van der Waals surface area contributed by atoms with Crippen LogP contribution in [0.2, 0.25) is 0 Å². The molecule has 0 unspecified atom stereocenters. The number of para-hydroxylation sites is 1. The predicted molar refractivity (Wildman–Crippen MR) is 143 cm³/mol. The first-order valence-electron chi connectivity index (χ1n) is 10.7. The van der Waals surface area contributed by atoms with Crippen LogP contribution in [0.5, 0.6) is 0 Å². The molecule has 0 saturated carbocycles. The van der Waals surface area contributed by atoms with Gasteiger partial charge in [-0.1, -0.05) is 65.9 Å². The SMILES string of the molecule is O=C(Nc1cnc(Sc2nnc(-c3cc4ccccc4s3)n2-c2ccccc2)s1)c1ccccc1.